The molecular formula is C27H42O4. The molecule has 3 rings (SSSR count). The van der Waals surface area contributed by atoms with Crippen LogP contribution in [0.1, 0.15) is 86.0 Å². The van der Waals surface area contributed by atoms with Crippen molar-refractivity contribution in [1.82, 2.24) is 0 Å². The molecule has 0 spiro atoms. The largest absolute Gasteiger partial charge is 0.396 e. The second kappa shape index (κ2) is 9.31. The summed E-state index contributed by atoms with van der Waals surface area (Å²) in [4.78, 5) is 26.8. The van der Waals surface area contributed by atoms with Crippen LogP contribution in [0.4, 0.5) is 0 Å². The Morgan fingerprint density at radius 2 is 1.81 bits per heavy atom. The van der Waals surface area contributed by atoms with Crippen LogP contribution in [0, 0.1) is 34.5 Å². The number of ketones is 2. The number of carbonyl (C=O) groups excluding carboxylic acids is 2. The Morgan fingerprint density at radius 1 is 1.10 bits per heavy atom. The third-order valence-corrected chi connectivity index (χ3v) is 8.77. The zero-order valence-electron chi connectivity index (χ0n) is 20.1. The molecule has 0 radical (unpaired) electrons. The summed E-state index contributed by atoms with van der Waals surface area (Å²) >= 11 is 0. The quantitative estimate of drug-likeness (QED) is 0.566. The molecule has 2 N–H and O–H groups in total. The van der Waals surface area contributed by atoms with Gasteiger partial charge in [0.15, 0.2) is 11.6 Å². The number of hydrogen-bond donors (Lipinski definition) is 2. The highest BCUT2D eigenvalue weighted by atomic mass is 16.3. The first-order chi connectivity index (χ1) is 14.5. The Hall–Kier alpha value is -1.26. The zero-order chi connectivity index (χ0) is 23.0. The summed E-state index contributed by atoms with van der Waals surface area (Å²) < 4.78 is 0. The lowest BCUT2D eigenvalue weighted by Crippen LogP contribution is -2.45. The topological polar surface area (TPSA) is 74.6 Å². The lowest BCUT2D eigenvalue weighted by Gasteiger charge is -2.44. The van der Waals surface area contributed by atoms with Crippen molar-refractivity contribution in [3.05, 3.63) is 23.3 Å². The number of hydrogen-bond acceptors (Lipinski definition) is 4. The van der Waals surface area contributed by atoms with Gasteiger partial charge in [0.25, 0.3) is 0 Å². The zero-order valence-corrected chi connectivity index (χ0v) is 20.1. The number of rotatable bonds is 8. The Balaban J connectivity index is 1.89. The minimum atomic E-state index is -0.818. The van der Waals surface area contributed by atoms with Gasteiger partial charge in [0.2, 0.25) is 0 Å². The van der Waals surface area contributed by atoms with Crippen molar-refractivity contribution in [2.24, 2.45) is 34.5 Å². The fraction of sp³-hybridized carbons (Fsp3) is 0.778. The third kappa shape index (κ3) is 4.48. The van der Waals surface area contributed by atoms with Gasteiger partial charge in [0.05, 0.1) is 11.5 Å². The third-order valence-electron chi connectivity index (χ3n) is 8.77. The molecule has 0 aromatic carbocycles. The van der Waals surface area contributed by atoms with Gasteiger partial charge >= 0.3 is 0 Å². The fourth-order valence-corrected chi connectivity index (χ4v) is 6.84. The molecule has 0 aromatic heterocycles. The van der Waals surface area contributed by atoms with Crippen LogP contribution in [0.3, 0.4) is 0 Å². The second-order valence-electron chi connectivity index (χ2n) is 11.3. The van der Waals surface area contributed by atoms with Crippen LogP contribution in [-0.4, -0.2) is 34.5 Å². The molecule has 1 unspecified atom stereocenters. The van der Waals surface area contributed by atoms with Crippen LogP contribution >= 0.6 is 0 Å². The summed E-state index contributed by atoms with van der Waals surface area (Å²) in [5.41, 5.74) is 0.149. The van der Waals surface area contributed by atoms with E-state index in [2.05, 4.69) is 27.7 Å². The number of aliphatic hydroxyl groups excluding tert-OH is 2. The summed E-state index contributed by atoms with van der Waals surface area (Å²) in [6.07, 6.45) is 9.77. The summed E-state index contributed by atoms with van der Waals surface area (Å²) in [5.74, 6) is 1.65. The van der Waals surface area contributed by atoms with E-state index in [1.807, 2.05) is 6.92 Å². The smallest absolute Gasteiger partial charge is 0.183 e. The molecule has 6 atom stereocenters. The molecular weight excluding hydrogens is 388 g/mol. The molecule has 0 aliphatic heterocycles. The van der Waals surface area contributed by atoms with Gasteiger partial charge in [-0.05, 0) is 80.3 Å². The van der Waals surface area contributed by atoms with Crippen molar-refractivity contribution < 1.29 is 19.8 Å². The van der Waals surface area contributed by atoms with E-state index in [9.17, 15) is 19.8 Å². The highest BCUT2D eigenvalue weighted by Crippen LogP contribution is 2.58. The van der Waals surface area contributed by atoms with Crippen LogP contribution in [0.5, 0.6) is 0 Å². The minimum absolute atomic E-state index is 0.0128. The van der Waals surface area contributed by atoms with Crippen molar-refractivity contribution >= 4 is 11.6 Å². The Labute approximate surface area is 188 Å². The average Bonchev–Trinajstić information content (AvgIpc) is 3.03. The van der Waals surface area contributed by atoms with Crippen LogP contribution in [0.15, 0.2) is 23.3 Å². The lowest BCUT2D eigenvalue weighted by molar-refractivity contribution is -0.128. The molecule has 174 valence electrons. The number of allylic oxidation sites excluding steroid dienone is 3. The first-order valence-corrected chi connectivity index (χ1v) is 12.4. The molecule has 3 aliphatic rings. The van der Waals surface area contributed by atoms with E-state index in [1.54, 1.807) is 12.2 Å². The monoisotopic (exact) mass is 430 g/mol. The predicted molar refractivity (Wildman–Crippen MR) is 123 cm³/mol. The van der Waals surface area contributed by atoms with Gasteiger partial charge in [-0.3, -0.25) is 9.59 Å². The maximum Gasteiger partial charge on any atom is 0.183 e. The van der Waals surface area contributed by atoms with Crippen molar-refractivity contribution in [2.75, 3.05) is 6.61 Å². The molecule has 4 heteroatoms. The fourth-order valence-electron chi connectivity index (χ4n) is 6.84. The van der Waals surface area contributed by atoms with Gasteiger partial charge < -0.3 is 10.2 Å². The van der Waals surface area contributed by atoms with Gasteiger partial charge in [0.1, 0.15) is 0 Å². The molecule has 31 heavy (non-hydrogen) atoms. The highest BCUT2D eigenvalue weighted by molar-refractivity contribution is 6.20. The summed E-state index contributed by atoms with van der Waals surface area (Å²) in [6, 6.07) is 0. The average molecular weight is 431 g/mol. The van der Waals surface area contributed by atoms with Crippen LogP contribution in [-0.2, 0) is 9.59 Å². The van der Waals surface area contributed by atoms with Gasteiger partial charge in [-0.1, -0.05) is 47.0 Å². The van der Waals surface area contributed by atoms with E-state index < -0.39 is 11.5 Å². The number of Topliss-reactive ketones (excluding diaryl/α,β-unsaturated/α-hetero) is 1. The molecule has 0 saturated heterocycles. The molecule has 1 saturated carbocycles. The van der Waals surface area contributed by atoms with Crippen molar-refractivity contribution in [3.8, 4) is 0 Å². The first-order valence-electron chi connectivity index (χ1n) is 12.4. The number of fused-ring (bicyclic) bond motifs is 1. The Morgan fingerprint density at radius 3 is 2.45 bits per heavy atom. The van der Waals surface area contributed by atoms with Crippen LogP contribution in [0.25, 0.3) is 0 Å². The molecule has 0 bridgehead atoms. The SMILES string of the molecule is CC(C)CCCC(C)[C@H]1CC[C@@H](C2=CC(=O)C3=C[C@H](O)CC[C@]3(C)C2=O)[C@]1(C)CCO. The molecule has 4 nitrogen and oxygen atoms in total. The summed E-state index contributed by atoms with van der Waals surface area (Å²) in [7, 11) is 0. The molecule has 0 amide bonds. The van der Waals surface area contributed by atoms with Crippen LogP contribution < -0.4 is 0 Å². The maximum atomic E-state index is 13.7. The summed E-state index contributed by atoms with van der Waals surface area (Å²) in [5, 5.41) is 19.9. The highest BCUT2D eigenvalue weighted by Gasteiger charge is 2.54. The number of carbonyl (C=O) groups is 2. The molecule has 0 aromatic rings. The van der Waals surface area contributed by atoms with Gasteiger partial charge in [-0.15, -0.1) is 0 Å². The molecule has 0 heterocycles. The first kappa shape index (κ1) is 24.4. The van der Waals surface area contributed by atoms with Gasteiger partial charge in [-0.25, -0.2) is 0 Å². The van der Waals surface area contributed by atoms with E-state index in [4.69, 9.17) is 0 Å². The lowest BCUT2D eigenvalue weighted by atomic mass is 9.58. The van der Waals surface area contributed by atoms with E-state index in [0.29, 0.717) is 48.2 Å². The Kier molecular flexibility index (Phi) is 7.32. The summed E-state index contributed by atoms with van der Waals surface area (Å²) in [6.45, 7) is 11.1. The van der Waals surface area contributed by atoms with Gasteiger partial charge in [0, 0.05) is 17.8 Å². The minimum Gasteiger partial charge on any atom is -0.396 e. The molecule has 1 fully saturated rings. The van der Waals surface area contributed by atoms with Crippen molar-refractivity contribution in [3.63, 3.8) is 0 Å². The van der Waals surface area contributed by atoms with Crippen molar-refractivity contribution in [1.29, 1.82) is 0 Å². The predicted octanol–water partition coefficient (Wildman–Crippen LogP) is 5.03. The van der Waals surface area contributed by atoms with Crippen molar-refractivity contribution in [2.45, 2.75) is 92.1 Å². The normalized spacial score (nSPS) is 37.0. The van der Waals surface area contributed by atoms with E-state index in [1.165, 1.54) is 19.3 Å². The molecule has 3 aliphatic carbocycles. The van der Waals surface area contributed by atoms with E-state index >= 15 is 0 Å². The van der Waals surface area contributed by atoms with E-state index in [-0.39, 0.29) is 29.5 Å². The standard InChI is InChI=1S/C27H42O4/c1-17(2)7-6-8-18(3)21-9-10-22(26(21,4)13-14-28)20-16-24(30)23-15-19(29)11-12-27(23,5)25(20)31/h15-19,21-22,28-29H,6-14H2,1-5H3/t18?,19-,21-,22+,26-,27+/m1/s1. The van der Waals surface area contributed by atoms with E-state index in [0.717, 1.165) is 12.8 Å². The Bertz CT molecular complexity index is 763. The van der Waals surface area contributed by atoms with Crippen LogP contribution in [0.2, 0.25) is 0 Å². The van der Waals surface area contributed by atoms with Gasteiger partial charge in [-0.2, -0.15) is 0 Å². The maximum absolute atomic E-state index is 13.7. The number of aliphatic hydroxyl groups is 2. The second-order valence-corrected chi connectivity index (χ2v) is 11.3.